The van der Waals surface area contributed by atoms with E-state index in [1.165, 1.54) is 0 Å². The van der Waals surface area contributed by atoms with Crippen molar-refractivity contribution in [1.29, 1.82) is 0 Å². The van der Waals surface area contributed by atoms with Gasteiger partial charge in [0.25, 0.3) is 5.91 Å². The topological polar surface area (TPSA) is 55.1 Å². The van der Waals surface area contributed by atoms with E-state index in [-0.39, 0.29) is 12.2 Å². The average molecular weight is 291 g/mol. The molecular weight excluding hydrogens is 282 g/mol. The lowest BCUT2D eigenvalue weighted by Crippen LogP contribution is -2.26. The van der Waals surface area contributed by atoms with Crippen molar-refractivity contribution in [3.05, 3.63) is 40.4 Å². The van der Waals surface area contributed by atoms with E-state index in [9.17, 15) is 13.6 Å². The van der Waals surface area contributed by atoms with Gasteiger partial charge < -0.3 is 11.1 Å². The van der Waals surface area contributed by atoms with Crippen LogP contribution in [0.2, 0.25) is 0 Å². The van der Waals surface area contributed by atoms with Crippen molar-refractivity contribution < 1.29 is 13.6 Å². The summed E-state index contributed by atoms with van der Waals surface area (Å²) in [5.41, 5.74) is 4.27. The van der Waals surface area contributed by atoms with Crippen LogP contribution >= 0.6 is 15.9 Å². The van der Waals surface area contributed by atoms with Crippen LogP contribution in [0.3, 0.4) is 0 Å². The Morgan fingerprint density at radius 2 is 2.12 bits per heavy atom. The molecule has 0 aliphatic carbocycles. The number of nitrogens with two attached hydrogens (primary N) is 1. The zero-order chi connectivity index (χ0) is 12.3. The minimum absolute atomic E-state index is 0.0759. The predicted molar refractivity (Wildman–Crippen MR) is 61.2 cm³/mol. The number of nitrogen functional groups attached to an aromatic ring is 1. The zero-order valence-electron chi connectivity index (χ0n) is 8.19. The normalized spacial score (nSPS) is 9.94. The number of hydrogen-bond donors (Lipinski definition) is 2. The van der Waals surface area contributed by atoms with Crippen LogP contribution in [0.25, 0.3) is 0 Å². The Morgan fingerprint density at radius 3 is 2.69 bits per heavy atom. The van der Waals surface area contributed by atoms with Crippen molar-refractivity contribution in [1.82, 2.24) is 5.32 Å². The van der Waals surface area contributed by atoms with Crippen LogP contribution in [-0.2, 0) is 0 Å². The van der Waals surface area contributed by atoms with Gasteiger partial charge in [-0.3, -0.25) is 4.79 Å². The van der Waals surface area contributed by atoms with Gasteiger partial charge in [-0.1, -0.05) is 22.5 Å². The fourth-order valence-corrected chi connectivity index (χ4v) is 1.18. The van der Waals surface area contributed by atoms with Crippen LogP contribution in [0.5, 0.6) is 0 Å². The third kappa shape index (κ3) is 2.79. The van der Waals surface area contributed by atoms with Gasteiger partial charge in [-0.2, -0.15) is 0 Å². The zero-order valence-corrected chi connectivity index (χ0v) is 9.77. The molecule has 1 rings (SSSR count). The largest absolute Gasteiger partial charge is 0.396 e. The average Bonchev–Trinajstić information content (AvgIpc) is 2.21. The lowest BCUT2D eigenvalue weighted by molar-refractivity contribution is 0.0949. The van der Waals surface area contributed by atoms with Gasteiger partial charge in [-0.05, 0) is 12.1 Å². The number of anilines is 1. The summed E-state index contributed by atoms with van der Waals surface area (Å²) >= 11 is 3.01. The summed E-state index contributed by atoms with van der Waals surface area (Å²) in [6, 6.07) is 2.00. The number of hydrogen-bond acceptors (Lipinski definition) is 2. The molecule has 0 radical (unpaired) electrons. The molecule has 1 aromatic rings. The highest BCUT2D eigenvalue weighted by atomic mass is 79.9. The van der Waals surface area contributed by atoms with Crippen molar-refractivity contribution >= 4 is 27.5 Å². The Balaban J connectivity index is 2.99. The molecule has 0 aromatic heterocycles. The van der Waals surface area contributed by atoms with Crippen LogP contribution in [0.1, 0.15) is 10.4 Å². The molecular formula is C10H9BrF2N2O. The Hall–Kier alpha value is -1.43. The third-order valence-electron chi connectivity index (χ3n) is 1.79. The van der Waals surface area contributed by atoms with Crippen molar-refractivity contribution in [3.63, 3.8) is 0 Å². The first-order valence-corrected chi connectivity index (χ1v) is 5.07. The van der Waals surface area contributed by atoms with Gasteiger partial charge in [0.1, 0.15) is 11.4 Å². The molecule has 0 unspecified atom stereocenters. The second-order valence-corrected chi connectivity index (χ2v) is 4.15. The van der Waals surface area contributed by atoms with Crippen molar-refractivity contribution in [2.45, 2.75) is 0 Å². The van der Waals surface area contributed by atoms with Crippen LogP contribution in [0, 0.1) is 11.6 Å². The summed E-state index contributed by atoms with van der Waals surface area (Å²) in [7, 11) is 0. The minimum Gasteiger partial charge on any atom is -0.396 e. The van der Waals surface area contributed by atoms with E-state index >= 15 is 0 Å². The van der Waals surface area contributed by atoms with E-state index in [1.54, 1.807) is 0 Å². The minimum atomic E-state index is -1.06. The van der Waals surface area contributed by atoms with Crippen LogP contribution in [0.4, 0.5) is 14.5 Å². The molecule has 16 heavy (non-hydrogen) atoms. The summed E-state index contributed by atoms with van der Waals surface area (Å²) in [5, 5.41) is 2.29. The number of benzene rings is 1. The van der Waals surface area contributed by atoms with Crippen LogP contribution < -0.4 is 11.1 Å². The van der Waals surface area contributed by atoms with Gasteiger partial charge in [-0.15, -0.1) is 0 Å². The number of carbonyl (C=O) groups is 1. The highest BCUT2D eigenvalue weighted by molar-refractivity contribution is 9.11. The first-order chi connectivity index (χ1) is 7.43. The van der Waals surface area contributed by atoms with E-state index in [0.717, 1.165) is 12.1 Å². The third-order valence-corrected chi connectivity index (χ3v) is 2.07. The van der Waals surface area contributed by atoms with Gasteiger partial charge in [0.15, 0.2) is 5.82 Å². The summed E-state index contributed by atoms with van der Waals surface area (Å²) in [5.74, 6) is -2.88. The standard InChI is InChI=1S/C10H9BrF2N2O/c1-5(11)4-15-10(16)8-6(12)2-3-7(14)9(8)13/h2-3H,1,4,14H2,(H,15,16). The highest BCUT2D eigenvalue weighted by Crippen LogP contribution is 2.18. The summed E-state index contributed by atoms with van der Waals surface area (Å²) < 4.78 is 27.1. The summed E-state index contributed by atoms with van der Waals surface area (Å²) in [4.78, 5) is 11.4. The maximum Gasteiger partial charge on any atom is 0.257 e. The first kappa shape index (κ1) is 12.6. The Labute approximate surface area is 99.5 Å². The van der Waals surface area contributed by atoms with E-state index in [0.29, 0.717) is 4.48 Å². The molecule has 0 spiro atoms. The highest BCUT2D eigenvalue weighted by Gasteiger charge is 2.19. The molecule has 1 aromatic carbocycles. The SMILES string of the molecule is C=C(Br)CNC(=O)c1c(F)ccc(N)c1F. The molecule has 3 nitrogen and oxygen atoms in total. The fourth-order valence-electron chi connectivity index (χ4n) is 1.04. The Kier molecular flexibility index (Phi) is 4.00. The molecule has 3 N–H and O–H groups in total. The lowest BCUT2D eigenvalue weighted by atomic mass is 10.1. The molecule has 86 valence electrons. The lowest BCUT2D eigenvalue weighted by Gasteiger charge is -2.07. The summed E-state index contributed by atoms with van der Waals surface area (Å²) in [6.07, 6.45) is 0. The maximum absolute atomic E-state index is 13.4. The van der Waals surface area contributed by atoms with E-state index in [4.69, 9.17) is 5.73 Å². The van der Waals surface area contributed by atoms with Gasteiger partial charge in [-0.25, -0.2) is 8.78 Å². The smallest absolute Gasteiger partial charge is 0.257 e. The molecule has 1 amide bonds. The fraction of sp³-hybridized carbons (Fsp3) is 0.100. The molecule has 0 aliphatic rings. The molecule has 0 saturated carbocycles. The van der Waals surface area contributed by atoms with Gasteiger partial charge >= 0.3 is 0 Å². The Bertz CT molecular complexity index is 449. The van der Waals surface area contributed by atoms with E-state index in [2.05, 4.69) is 27.8 Å². The number of carbonyl (C=O) groups excluding carboxylic acids is 1. The van der Waals surface area contributed by atoms with Crippen molar-refractivity contribution in [2.24, 2.45) is 0 Å². The monoisotopic (exact) mass is 290 g/mol. The van der Waals surface area contributed by atoms with Gasteiger partial charge in [0, 0.05) is 11.0 Å². The molecule has 0 heterocycles. The maximum atomic E-state index is 13.4. The van der Waals surface area contributed by atoms with Crippen LogP contribution in [-0.4, -0.2) is 12.5 Å². The number of amides is 1. The predicted octanol–water partition coefficient (Wildman–Crippen LogP) is 2.19. The van der Waals surface area contributed by atoms with Crippen LogP contribution in [0.15, 0.2) is 23.2 Å². The Morgan fingerprint density at radius 1 is 1.50 bits per heavy atom. The number of rotatable bonds is 3. The quantitative estimate of drug-likeness (QED) is 0.839. The summed E-state index contributed by atoms with van der Waals surface area (Å²) in [6.45, 7) is 3.55. The second kappa shape index (κ2) is 5.07. The van der Waals surface area contributed by atoms with Crippen molar-refractivity contribution in [3.8, 4) is 0 Å². The molecule has 0 saturated heterocycles. The van der Waals surface area contributed by atoms with Crippen molar-refractivity contribution in [2.75, 3.05) is 12.3 Å². The molecule has 0 bridgehead atoms. The van der Waals surface area contributed by atoms with E-state index < -0.39 is 23.1 Å². The second-order valence-electron chi connectivity index (χ2n) is 3.03. The molecule has 0 fully saturated rings. The first-order valence-electron chi connectivity index (χ1n) is 4.28. The van der Waals surface area contributed by atoms with Gasteiger partial charge in [0.2, 0.25) is 0 Å². The number of nitrogens with one attached hydrogen (secondary N) is 1. The van der Waals surface area contributed by atoms with Gasteiger partial charge in [0.05, 0.1) is 5.69 Å². The van der Waals surface area contributed by atoms with E-state index in [1.807, 2.05) is 0 Å². The molecule has 0 atom stereocenters. The molecule has 6 heteroatoms. The molecule has 0 aliphatic heterocycles. The number of halogens is 3.